The molecule has 41 heavy (non-hydrogen) atoms. The van der Waals surface area contributed by atoms with E-state index in [1.165, 1.54) is 7.11 Å². The molecule has 1 amide bonds. The van der Waals surface area contributed by atoms with Gasteiger partial charge < -0.3 is 24.3 Å². The van der Waals surface area contributed by atoms with Crippen LogP contribution in [0.25, 0.3) is 0 Å². The van der Waals surface area contributed by atoms with E-state index in [1.807, 2.05) is 60.7 Å². The Morgan fingerprint density at radius 1 is 0.902 bits per heavy atom. The predicted octanol–water partition coefficient (Wildman–Crippen LogP) is 5.83. The van der Waals surface area contributed by atoms with E-state index in [4.69, 9.17) is 25.8 Å². The van der Waals surface area contributed by atoms with Crippen molar-refractivity contribution in [2.24, 2.45) is 5.92 Å². The SMILES string of the molecule is CC[C@H]1O[C@@H](c2ccc(Cl)c(CC(=O)NCC(=O)OC)c2)[C@H](OCc2ccccc2)[C@@H](OCc2ccccc2)[C@@H]1C. The molecule has 218 valence electrons. The van der Waals surface area contributed by atoms with Crippen LogP contribution in [0.1, 0.15) is 48.6 Å². The Balaban J connectivity index is 1.62. The fourth-order valence-electron chi connectivity index (χ4n) is 5.16. The monoisotopic (exact) mass is 579 g/mol. The molecule has 0 unspecified atom stereocenters. The molecule has 0 bridgehead atoms. The van der Waals surface area contributed by atoms with Gasteiger partial charge in [0, 0.05) is 10.9 Å². The summed E-state index contributed by atoms with van der Waals surface area (Å²) < 4.78 is 24.5. The zero-order valence-electron chi connectivity index (χ0n) is 23.8. The minimum absolute atomic E-state index is 0.00741. The first-order valence-electron chi connectivity index (χ1n) is 14.0. The number of carbonyl (C=O) groups is 2. The maximum atomic E-state index is 12.6. The molecule has 7 nitrogen and oxygen atoms in total. The van der Waals surface area contributed by atoms with E-state index in [1.54, 1.807) is 6.07 Å². The lowest BCUT2D eigenvalue weighted by molar-refractivity contribution is -0.234. The number of nitrogens with one attached hydrogen (secondary N) is 1. The number of esters is 1. The number of benzene rings is 3. The number of hydrogen-bond acceptors (Lipinski definition) is 6. The van der Waals surface area contributed by atoms with Crippen LogP contribution in [0.5, 0.6) is 0 Å². The molecule has 0 spiro atoms. The van der Waals surface area contributed by atoms with E-state index >= 15 is 0 Å². The number of carbonyl (C=O) groups excluding carboxylic acids is 2. The first kappa shape index (κ1) is 30.7. The lowest BCUT2D eigenvalue weighted by Crippen LogP contribution is -2.51. The maximum Gasteiger partial charge on any atom is 0.325 e. The average Bonchev–Trinajstić information content (AvgIpc) is 3.00. The summed E-state index contributed by atoms with van der Waals surface area (Å²) >= 11 is 6.50. The lowest BCUT2D eigenvalue weighted by atomic mass is 9.84. The molecule has 1 N–H and O–H groups in total. The Bertz CT molecular complexity index is 1270. The van der Waals surface area contributed by atoms with Crippen molar-refractivity contribution < 1.29 is 28.5 Å². The van der Waals surface area contributed by atoms with Gasteiger partial charge in [0.05, 0.1) is 39.0 Å². The first-order valence-corrected chi connectivity index (χ1v) is 14.4. The topological polar surface area (TPSA) is 83.1 Å². The van der Waals surface area contributed by atoms with E-state index in [2.05, 4.69) is 36.0 Å². The summed E-state index contributed by atoms with van der Waals surface area (Å²) in [7, 11) is 1.27. The van der Waals surface area contributed by atoms with Crippen molar-refractivity contribution in [3.63, 3.8) is 0 Å². The van der Waals surface area contributed by atoms with Gasteiger partial charge in [-0.3, -0.25) is 9.59 Å². The molecule has 8 heteroatoms. The van der Waals surface area contributed by atoms with Gasteiger partial charge in [0.25, 0.3) is 0 Å². The number of rotatable bonds is 12. The lowest BCUT2D eigenvalue weighted by Gasteiger charge is -2.46. The van der Waals surface area contributed by atoms with Gasteiger partial charge in [-0.25, -0.2) is 0 Å². The normalized spacial score (nSPS) is 22.2. The molecular weight excluding hydrogens is 542 g/mol. The van der Waals surface area contributed by atoms with Gasteiger partial charge in [-0.05, 0) is 34.7 Å². The van der Waals surface area contributed by atoms with Crippen LogP contribution in [0.2, 0.25) is 5.02 Å². The number of ether oxygens (including phenoxy) is 4. The second kappa shape index (κ2) is 15.1. The minimum atomic E-state index is -0.520. The Kier molecular flexibility index (Phi) is 11.3. The fourth-order valence-corrected chi connectivity index (χ4v) is 5.34. The van der Waals surface area contributed by atoms with Crippen molar-refractivity contribution >= 4 is 23.5 Å². The molecule has 1 aliphatic heterocycles. The Labute approximate surface area is 247 Å². The molecule has 0 aliphatic carbocycles. The summed E-state index contributed by atoms with van der Waals surface area (Å²) in [5.41, 5.74) is 3.62. The second-order valence-electron chi connectivity index (χ2n) is 10.3. The van der Waals surface area contributed by atoms with E-state index in [0.717, 1.165) is 23.1 Å². The zero-order chi connectivity index (χ0) is 29.2. The summed E-state index contributed by atoms with van der Waals surface area (Å²) in [5.74, 6) is -0.773. The third kappa shape index (κ3) is 8.39. The van der Waals surface area contributed by atoms with Crippen molar-refractivity contribution in [3.05, 3.63) is 106 Å². The summed E-state index contributed by atoms with van der Waals surface area (Å²) in [6.07, 6.45) is -0.350. The van der Waals surface area contributed by atoms with Crippen LogP contribution in [-0.2, 0) is 48.2 Å². The summed E-state index contributed by atoms with van der Waals surface area (Å²) in [5, 5.41) is 3.02. The third-order valence-electron chi connectivity index (χ3n) is 7.43. The first-order chi connectivity index (χ1) is 19.9. The van der Waals surface area contributed by atoms with Crippen molar-refractivity contribution in [2.75, 3.05) is 13.7 Å². The van der Waals surface area contributed by atoms with Gasteiger partial charge in [0.2, 0.25) is 5.91 Å². The van der Waals surface area contributed by atoms with Gasteiger partial charge in [0.15, 0.2) is 0 Å². The quantitative estimate of drug-likeness (QED) is 0.272. The molecule has 3 aromatic rings. The van der Waals surface area contributed by atoms with Crippen LogP contribution in [0, 0.1) is 5.92 Å². The van der Waals surface area contributed by atoms with Crippen molar-refractivity contribution in [2.45, 2.75) is 64.3 Å². The van der Waals surface area contributed by atoms with E-state index in [0.29, 0.717) is 23.8 Å². The highest BCUT2D eigenvalue weighted by atomic mass is 35.5. The largest absolute Gasteiger partial charge is 0.468 e. The zero-order valence-corrected chi connectivity index (χ0v) is 24.5. The maximum absolute atomic E-state index is 12.6. The van der Waals surface area contributed by atoms with Crippen LogP contribution in [0.15, 0.2) is 78.9 Å². The highest BCUT2D eigenvalue weighted by molar-refractivity contribution is 6.31. The van der Waals surface area contributed by atoms with Gasteiger partial charge in [-0.1, -0.05) is 98.2 Å². The molecule has 1 heterocycles. The van der Waals surface area contributed by atoms with Gasteiger partial charge in [-0.2, -0.15) is 0 Å². The predicted molar refractivity (Wildman–Crippen MR) is 157 cm³/mol. The molecule has 3 aromatic carbocycles. The molecule has 0 radical (unpaired) electrons. The molecule has 1 aliphatic rings. The number of hydrogen-bond donors (Lipinski definition) is 1. The minimum Gasteiger partial charge on any atom is -0.468 e. The third-order valence-corrected chi connectivity index (χ3v) is 7.80. The molecule has 0 aromatic heterocycles. The molecule has 4 rings (SSSR count). The second-order valence-corrected chi connectivity index (χ2v) is 10.7. The van der Waals surface area contributed by atoms with Crippen molar-refractivity contribution in [1.82, 2.24) is 5.32 Å². The van der Waals surface area contributed by atoms with Crippen LogP contribution < -0.4 is 5.32 Å². The highest BCUT2D eigenvalue weighted by Crippen LogP contribution is 2.41. The van der Waals surface area contributed by atoms with Crippen molar-refractivity contribution in [1.29, 1.82) is 0 Å². The Morgan fingerprint density at radius 2 is 1.51 bits per heavy atom. The Hall–Kier alpha value is -3.23. The average molecular weight is 580 g/mol. The van der Waals surface area contributed by atoms with Gasteiger partial charge >= 0.3 is 5.97 Å². The highest BCUT2D eigenvalue weighted by Gasteiger charge is 2.45. The summed E-state index contributed by atoms with van der Waals surface area (Å²) in [6.45, 7) is 4.91. The van der Waals surface area contributed by atoms with Gasteiger partial charge in [-0.15, -0.1) is 0 Å². The van der Waals surface area contributed by atoms with Crippen molar-refractivity contribution in [3.8, 4) is 0 Å². The number of halogens is 1. The fraction of sp³-hybridized carbons (Fsp3) is 0.394. The molecule has 0 saturated carbocycles. The standard InChI is InChI=1S/C33H38ClNO6/c1-4-28-22(2)31(39-20-23-11-7-5-8-12-23)33(40-21-24-13-9-6-10-14-24)32(41-28)25-15-16-27(34)26(17-25)18-29(36)35-19-30(37)38-3/h5-17,22,28,31-33H,4,18-21H2,1-3H3,(H,35,36)/t22-,28-,31+,32+,33-/m1/s1. The summed E-state index contributed by atoms with van der Waals surface area (Å²) in [4.78, 5) is 24.0. The number of amides is 1. The van der Waals surface area contributed by atoms with E-state index < -0.39 is 18.2 Å². The molecular formula is C33H38ClNO6. The van der Waals surface area contributed by atoms with Crippen LogP contribution >= 0.6 is 11.6 Å². The van der Waals surface area contributed by atoms with E-state index in [-0.39, 0.29) is 37.0 Å². The van der Waals surface area contributed by atoms with Crippen LogP contribution in [0.3, 0.4) is 0 Å². The van der Waals surface area contributed by atoms with Gasteiger partial charge in [0.1, 0.15) is 18.8 Å². The number of methoxy groups -OCH3 is 1. The molecule has 1 fully saturated rings. The van der Waals surface area contributed by atoms with E-state index in [9.17, 15) is 9.59 Å². The summed E-state index contributed by atoms with van der Waals surface area (Å²) in [6, 6.07) is 25.7. The van der Waals surface area contributed by atoms with Crippen LogP contribution in [0.4, 0.5) is 0 Å². The molecule has 1 saturated heterocycles. The Morgan fingerprint density at radius 3 is 2.10 bits per heavy atom. The smallest absolute Gasteiger partial charge is 0.325 e. The molecule has 5 atom stereocenters. The van der Waals surface area contributed by atoms with Crippen LogP contribution in [-0.4, -0.2) is 43.8 Å².